The number of thioether (sulfide) groups is 1. The lowest BCUT2D eigenvalue weighted by molar-refractivity contribution is -0.117. The number of carbonyl (C=O) groups excluding carboxylic acids is 2. The molecule has 7 heteroatoms. The molecule has 0 unspecified atom stereocenters. The van der Waals surface area contributed by atoms with Gasteiger partial charge in [-0.25, -0.2) is 4.90 Å². The van der Waals surface area contributed by atoms with Crippen molar-refractivity contribution in [2.75, 3.05) is 12.0 Å². The summed E-state index contributed by atoms with van der Waals surface area (Å²) >= 11 is 10.3. The molecule has 124 valence electrons. The fourth-order valence-corrected chi connectivity index (χ4v) is 4.06. The molecule has 1 aliphatic rings. The van der Waals surface area contributed by atoms with E-state index in [1.54, 1.807) is 31.4 Å². The summed E-state index contributed by atoms with van der Waals surface area (Å²) in [5, 5.41) is -0.196. The number of hydrogen-bond acceptors (Lipinski definition) is 4. The Morgan fingerprint density at radius 2 is 1.92 bits per heavy atom. The summed E-state index contributed by atoms with van der Waals surface area (Å²) in [7, 11) is 1.58. The first-order valence-electron chi connectivity index (χ1n) is 7.12. The molecule has 0 bridgehead atoms. The predicted octanol–water partition coefficient (Wildman–Crippen LogP) is 4.92. The highest BCUT2D eigenvalue weighted by Crippen LogP contribution is 2.36. The minimum atomic E-state index is -0.476. The maximum absolute atomic E-state index is 12.7. The summed E-state index contributed by atoms with van der Waals surface area (Å²) in [6, 6.07) is 12.3. The molecule has 3 rings (SSSR count). The third kappa shape index (κ3) is 3.45. The van der Waals surface area contributed by atoms with E-state index in [0.29, 0.717) is 22.9 Å². The molecule has 2 aromatic carbocycles. The van der Waals surface area contributed by atoms with Gasteiger partial charge in [0.2, 0.25) is 5.91 Å². The molecule has 0 N–H and O–H groups in total. The van der Waals surface area contributed by atoms with E-state index >= 15 is 0 Å². The number of nitrogens with zero attached hydrogens (tertiary/aromatic N) is 1. The van der Waals surface area contributed by atoms with Crippen molar-refractivity contribution in [2.24, 2.45) is 0 Å². The molecule has 0 aromatic heterocycles. The number of anilines is 1. The van der Waals surface area contributed by atoms with Gasteiger partial charge in [-0.15, -0.1) is 0 Å². The maximum atomic E-state index is 12.7. The minimum Gasteiger partial charge on any atom is -0.496 e. The van der Waals surface area contributed by atoms with E-state index in [0.717, 1.165) is 21.8 Å². The van der Waals surface area contributed by atoms with Crippen molar-refractivity contribution in [2.45, 2.75) is 11.7 Å². The van der Waals surface area contributed by atoms with Gasteiger partial charge in [-0.1, -0.05) is 39.3 Å². The Hall–Kier alpha value is -1.50. The first-order valence-corrected chi connectivity index (χ1v) is 9.17. The summed E-state index contributed by atoms with van der Waals surface area (Å²) in [5.74, 6) is 0.471. The number of rotatable bonds is 4. The van der Waals surface area contributed by atoms with Crippen LogP contribution in [0.3, 0.4) is 0 Å². The SMILES string of the molecule is COc1ccc(Br)cc1C[C@H]1SC(=O)N(c2ccc(Cl)cc2)C1=O. The number of ether oxygens (including phenoxy) is 1. The standard InChI is InChI=1S/C17H13BrClNO3S/c1-23-14-7-2-11(18)8-10(14)9-15-16(21)20(17(22)24-15)13-5-3-12(19)4-6-13/h2-8,15H,9H2,1H3/t15-/m1/s1. The summed E-state index contributed by atoms with van der Waals surface area (Å²) in [6.07, 6.45) is 0.419. The lowest BCUT2D eigenvalue weighted by Crippen LogP contribution is -2.32. The molecule has 0 aliphatic carbocycles. The Bertz CT molecular complexity index is 797. The van der Waals surface area contributed by atoms with Gasteiger partial charge < -0.3 is 4.74 Å². The third-order valence-corrected chi connectivity index (χ3v) is 5.44. The van der Waals surface area contributed by atoms with E-state index in [9.17, 15) is 9.59 Å². The van der Waals surface area contributed by atoms with Gasteiger partial charge in [0, 0.05) is 9.50 Å². The Kier molecular flexibility index (Phi) is 5.18. The van der Waals surface area contributed by atoms with E-state index in [-0.39, 0.29) is 11.1 Å². The van der Waals surface area contributed by atoms with Gasteiger partial charge in [0.15, 0.2) is 0 Å². The van der Waals surface area contributed by atoms with E-state index in [4.69, 9.17) is 16.3 Å². The highest BCUT2D eigenvalue weighted by Gasteiger charge is 2.40. The molecule has 4 nitrogen and oxygen atoms in total. The van der Waals surface area contributed by atoms with Crippen LogP contribution in [-0.4, -0.2) is 23.5 Å². The molecule has 0 radical (unpaired) electrons. The van der Waals surface area contributed by atoms with Gasteiger partial charge in [-0.05, 0) is 54.4 Å². The van der Waals surface area contributed by atoms with Crippen LogP contribution < -0.4 is 9.64 Å². The fraction of sp³-hybridized carbons (Fsp3) is 0.176. The van der Waals surface area contributed by atoms with Gasteiger partial charge in [-0.3, -0.25) is 9.59 Å². The minimum absolute atomic E-state index is 0.227. The maximum Gasteiger partial charge on any atom is 0.293 e. The van der Waals surface area contributed by atoms with Crippen LogP contribution in [0.15, 0.2) is 46.9 Å². The zero-order valence-corrected chi connectivity index (χ0v) is 15.8. The molecule has 1 heterocycles. The van der Waals surface area contributed by atoms with E-state index in [2.05, 4.69) is 15.9 Å². The van der Waals surface area contributed by atoms with Crippen LogP contribution in [-0.2, 0) is 11.2 Å². The fourth-order valence-electron chi connectivity index (χ4n) is 2.52. The summed E-state index contributed by atoms with van der Waals surface area (Å²) in [6.45, 7) is 0. The van der Waals surface area contributed by atoms with Crippen LogP contribution in [0, 0.1) is 0 Å². The highest BCUT2D eigenvalue weighted by molar-refractivity contribution is 9.10. The largest absolute Gasteiger partial charge is 0.496 e. The summed E-state index contributed by atoms with van der Waals surface area (Å²) in [4.78, 5) is 26.2. The number of halogens is 2. The predicted molar refractivity (Wildman–Crippen MR) is 100 cm³/mol. The van der Waals surface area contributed by atoms with Crippen LogP contribution in [0.5, 0.6) is 5.75 Å². The molecule has 2 amide bonds. The molecule has 24 heavy (non-hydrogen) atoms. The second-order valence-corrected chi connectivity index (χ2v) is 7.69. The van der Waals surface area contributed by atoms with Gasteiger partial charge in [-0.2, -0.15) is 0 Å². The molecule has 0 saturated carbocycles. The third-order valence-electron chi connectivity index (χ3n) is 3.65. The van der Waals surface area contributed by atoms with Crippen molar-refractivity contribution in [3.63, 3.8) is 0 Å². The van der Waals surface area contributed by atoms with Gasteiger partial charge in [0.25, 0.3) is 5.24 Å². The number of imide groups is 1. The van der Waals surface area contributed by atoms with Crippen molar-refractivity contribution in [3.05, 3.63) is 57.5 Å². The molecule has 2 aromatic rings. The highest BCUT2D eigenvalue weighted by atomic mass is 79.9. The smallest absolute Gasteiger partial charge is 0.293 e. The van der Waals surface area contributed by atoms with Crippen molar-refractivity contribution in [1.82, 2.24) is 0 Å². The Morgan fingerprint density at radius 1 is 1.21 bits per heavy atom. The zero-order valence-electron chi connectivity index (χ0n) is 12.7. The molecular formula is C17H13BrClNO3S. The number of hydrogen-bond donors (Lipinski definition) is 0. The van der Waals surface area contributed by atoms with Gasteiger partial charge >= 0.3 is 0 Å². The van der Waals surface area contributed by atoms with Gasteiger partial charge in [0.1, 0.15) is 5.75 Å². The zero-order chi connectivity index (χ0) is 17.3. The number of carbonyl (C=O) groups is 2. The molecule has 1 atom stereocenters. The molecule has 1 fully saturated rings. The van der Waals surface area contributed by atoms with Crippen LogP contribution in [0.25, 0.3) is 0 Å². The first kappa shape index (κ1) is 17.3. The second-order valence-electron chi connectivity index (χ2n) is 5.18. The van der Waals surface area contributed by atoms with Crippen molar-refractivity contribution in [1.29, 1.82) is 0 Å². The van der Waals surface area contributed by atoms with Crippen LogP contribution in [0.4, 0.5) is 10.5 Å². The molecule has 1 aliphatic heterocycles. The van der Waals surface area contributed by atoms with Crippen LogP contribution >= 0.6 is 39.3 Å². The second kappa shape index (κ2) is 7.17. The average Bonchev–Trinajstić information content (AvgIpc) is 2.83. The van der Waals surface area contributed by atoms with E-state index in [1.165, 1.54) is 4.90 Å². The number of methoxy groups -OCH3 is 1. The normalized spacial score (nSPS) is 17.5. The van der Waals surface area contributed by atoms with Gasteiger partial charge in [0.05, 0.1) is 18.0 Å². The monoisotopic (exact) mass is 425 g/mol. The molecular weight excluding hydrogens is 414 g/mol. The van der Waals surface area contributed by atoms with Crippen LogP contribution in [0.2, 0.25) is 5.02 Å². The Balaban J connectivity index is 1.84. The van der Waals surface area contributed by atoms with E-state index < -0.39 is 5.25 Å². The first-order chi connectivity index (χ1) is 11.5. The average molecular weight is 427 g/mol. The summed E-state index contributed by atoms with van der Waals surface area (Å²) < 4.78 is 6.24. The number of benzene rings is 2. The Labute approximate surface area is 157 Å². The lowest BCUT2D eigenvalue weighted by Gasteiger charge is -2.15. The van der Waals surface area contributed by atoms with Crippen LogP contribution in [0.1, 0.15) is 5.56 Å². The quantitative estimate of drug-likeness (QED) is 0.696. The Morgan fingerprint density at radius 3 is 2.58 bits per heavy atom. The van der Waals surface area contributed by atoms with E-state index in [1.807, 2.05) is 18.2 Å². The lowest BCUT2D eigenvalue weighted by atomic mass is 10.1. The topological polar surface area (TPSA) is 46.6 Å². The van der Waals surface area contributed by atoms with Crippen molar-refractivity contribution in [3.8, 4) is 5.75 Å². The molecule has 0 spiro atoms. The number of amides is 2. The van der Waals surface area contributed by atoms with Crippen molar-refractivity contribution < 1.29 is 14.3 Å². The van der Waals surface area contributed by atoms with Crippen molar-refractivity contribution >= 4 is 56.1 Å². The molecule has 1 saturated heterocycles. The summed E-state index contributed by atoms with van der Waals surface area (Å²) in [5.41, 5.74) is 1.41.